The number of benzene rings is 1. The second kappa shape index (κ2) is 5.34. The molecule has 0 aliphatic carbocycles. The maximum Gasteiger partial charge on any atom is 0.153 e. The number of aryl methyl sites for hydroxylation is 1. The van der Waals surface area contributed by atoms with Gasteiger partial charge in [-0.2, -0.15) is 5.10 Å². The summed E-state index contributed by atoms with van der Waals surface area (Å²) in [5, 5.41) is 6.58. The highest BCUT2D eigenvalue weighted by molar-refractivity contribution is 9.10. The van der Waals surface area contributed by atoms with Crippen molar-refractivity contribution in [3.63, 3.8) is 0 Å². The molecule has 2 heterocycles. The molecule has 0 aliphatic heterocycles. The van der Waals surface area contributed by atoms with Gasteiger partial charge in [0.05, 0.1) is 16.1 Å². The van der Waals surface area contributed by atoms with Gasteiger partial charge < -0.3 is 0 Å². The van der Waals surface area contributed by atoms with Crippen LogP contribution in [-0.2, 0) is 0 Å². The van der Waals surface area contributed by atoms with Crippen LogP contribution >= 0.6 is 27.3 Å². The Morgan fingerprint density at radius 2 is 2.00 bits per heavy atom. The Morgan fingerprint density at radius 3 is 2.60 bits per heavy atom. The maximum atomic E-state index is 11.3. The van der Waals surface area contributed by atoms with Crippen molar-refractivity contribution in [2.45, 2.75) is 6.92 Å². The van der Waals surface area contributed by atoms with Gasteiger partial charge in [-0.25, -0.2) is 4.68 Å². The van der Waals surface area contributed by atoms with Crippen LogP contribution in [0.2, 0.25) is 0 Å². The standard InChI is InChI=1S/C15H11BrN2OS/c1-10-6-7-20-15(10)14-11(9-19)8-18(17-14)13-4-2-12(16)3-5-13/h2-9H,1H3. The van der Waals surface area contributed by atoms with Crippen molar-refractivity contribution in [3.8, 4) is 16.3 Å². The molecule has 0 radical (unpaired) electrons. The molecule has 2 aromatic heterocycles. The molecule has 5 heteroatoms. The Hall–Kier alpha value is -1.72. The number of hydrogen-bond acceptors (Lipinski definition) is 3. The van der Waals surface area contributed by atoms with Crippen LogP contribution < -0.4 is 0 Å². The number of hydrogen-bond donors (Lipinski definition) is 0. The third kappa shape index (κ3) is 2.34. The molecule has 0 unspecified atom stereocenters. The van der Waals surface area contributed by atoms with Crippen molar-refractivity contribution >= 4 is 33.6 Å². The van der Waals surface area contributed by atoms with E-state index >= 15 is 0 Å². The Morgan fingerprint density at radius 1 is 1.25 bits per heavy atom. The fourth-order valence-electron chi connectivity index (χ4n) is 1.99. The SMILES string of the molecule is Cc1ccsc1-c1nn(-c2ccc(Br)cc2)cc1C=O. The average Bonchev–Trinajstić information content (AvgIpc) is 3.05. The molecule has 3 rings (SSSR count). The minimum Gasteiger partial charge on any atom is -0.298 e. The van der Waals surface area contributed by atoms with Crippen LogP contribution in [0.5, 0.6) is 0 Å². The molecule has 0 fully saturated rings. The minimum atomic E-state index is 0.610. The van der Waals surface area contributed by atoms with Crippen LogP contribution in [0, 0.1) is 6.92 Å². The molecular formula is C15H11BrN2OS. The van der Waals surface area contributed by atoms with E-state index < -0.39 is 0 Å². The molecular weight excluding hydrogens is 336 g/mol. The highest BCUT2D eigenvalue weighted by Gasteiger charge is 2.14. The van der Waals surface area contributed by atoms with E-state index in [0.29, 0.717) is 5.56 Å². The highest BCUT2D eigenvalue weighted by Crippen LogP contribution is 2.30. The van der Waals surface area contributed by atoms with Gasteiger partial charge in [0.2, 0.25) is 0 Å². The molecule has 3 aromatic rings. The molecule has 0 spiro atoms. The number of thiophene rings is 1. The van der Waals surface area contributed by atoms with Crippen molar-refractivity contribution in [1.29, 1.82) is 0 Å². The predicted octanol–water partition coefficient (Wildman–Crippen LogP) is 4.48. The smallest absolute Gasteiger partial charge is 0.153 e. The zero-order valence-corrected chi connectivity index (χ0v) is 13.1. The molecule has 0 atom stereocenters. The number of carbonyl (C=O) groups excluding carboxylic acids is 1. The molecule has 0 N–H and O–H groups in total. The molecule has 1 aromatic carbocycles. The van der Waals surface area contributed by atoms with Gasteiger partial charge >= 0.3 is 0 Å². The first kappa shape index (κ1) is 13.3. The molecule has 0 amide bonds. The summed E-state index contributed by atoms with van der Waals surface area (Å²) in [5.41, 5.74) is 3.42. The van der Waals surface area contributed by atoms with Crippen molar-refractivity contribution < 1.29 is 4.79 Å². The Bertz CT molecular complexity index is 759. The van der Waals surface area contributed by atoms with Crippen molar-refractivity contribution in [2.24, 2.45) is 0 Å². The maximum absolute atomic E-state index is 11.3. The van der Waals surface area contributed by atoms with Gasteiger partial charge in [0.25, 0.3) is 0 Å². The zero-order valence-electron chi connectivity index (χ0n) is 10.7. The van der Waals surface area contributed by atoms with Crippen LogP contribution in [0.3, 0.4) is 0 Å². The summed E-state index contributed by atoms with van der Waals surface area (Å²) in [5.74, 6) is 0. The van der Waals surface area contributed by atoms with Gasteiger partial charge in [0.15, 0.2) is 6.29 Å². The number of nitrogens with zero attached hydrogens (tertiary/aromatic N) is 2. The van der Waals surface area contributed by atoms with Gasteiger partial charge in [-0.1, -0.05) is 15.9 Å². The first-order valence-corrected chi connectivity index (χ1v) is 7.71. The highest BCUT2D eigenvalue weighted by atomic mass is 79.9. The fourth-order valence-corrected chi connectivity index (χ4v) is 3.19. The fraction of sp³-hybridized carbons (Fsp3) is 0.0667. The molecule has 0 bridgehead atoms. The lowest BCUT2D eigenvalue weighted by molar-refractivity contribution is 0.112. The van der Waals surface area contributed by atoms with Crippen molar-refractivity contribution in [2.75, 3.05) is 0 Å². The number of aromatic nitrogens is 2. The van der Waals surface area contributed by atoms with Crippen molar-refractivity contribution in [3.05, 3.63) is 57.5 Å². The van der Waals surface area contributed by atoms with E-state index in [2.05, 4.69) is 21.0 Å². The predicted molar refractivity (Wildman–Crippen MR) is 84.7 cm³/mol. The second-order valence-electron chi connectivity index (χ2n) is 4.40. The third-order valence-electron chi connectivity index (χ3n) is 3.04. The summed E-state index contributed by atoms with van der Waals surface area (Å²) in [6.45, 7) is 2.03. The Labute approximate surface area is 129 Å². The van der Waals surface area contributed by atoms with Gasteiger partial charge in [-0.3, -0.25) is 4.79 Å². The van der Waals surface area contributed by atoms with Gasteiger partial charge in [0, 0.05) is 10.7 Å². The Balaban J connectivity index is 2.12. The molecule has 0 saturated carbocycles. The second-order valence-corrected chi connectivity index (χ2v) is 6.24. The summed E-state index contributed by atoms with van der Waals surface area (Å²) in [7, 11) is 0. The van der Waals surface area contributed by atoms with Crippen LogP contribution in [0.4, 0.5) is 0 Å². The third-order valence-corrected chi connectivity index (χ3v) is 4.59. The zero-order chi connectivity index (χ0) is 14.1. The quantitative estimate of drug-likeness (QED) is 0.655. The summed E-state index contributed by atoms with van der Waals surface area (Å²) >= 11 is 5.01. The first-order valence-electron chi connectivity index (χ1n) is 6.04. The molecule has 100 valence electrons. The van der Waals surface area contributed by atoms with Crippen molar-refractivity contribution in [1.82, 2.24) is 9.78 Å². The van der Waals surface area contributed by atoms with Crippen LogP contribution in [0.15, 0.2) is 46.4 Å². The summed E-state index contributed by atoms with van der Waals surface area (Å²) in [6.07, 6.45) is 2.63. The van der Waals surface area contributed by atoms with E-state index in [1.807, 2.05) is 42.6 Å². The Kier molecular flexibility index (Phi) is 3.54. The number of rotatable bonds is 3. The molecule has 20 heavy (non-hydrogen) atoms. The number of halogens is 1. The minimum absolute atomic E-state index is 0.610. The topological polar surface area (TPSA) is 34.9 Å². The lowest BCUT2D eigenvalue weighted by Crippen LogP contribution is -1.94. The van der Waals surface area contributed by atoms with E-state index in [9.17, 15) is 4.79 Å². The van der Waals surface area contributed by atoms with E-state index in [4.69, 9.17) is 0 Å². The van der Waals surface area contributed by atoms with Gasteiger partial charge in [0.1, 0.15) is 5.69 Å². The lowest BCUT2D eigenvalue weighted by Gasteiger charge is -2.00. The van der Waals surface area contributed by atoms with Gasteiger partial charge in [-0.05, 0) is 48.2 Å². The van der Waals surface area contributed by atoms with E-state index in [0.717, 1.165) is 32.6 Å². The first-order chi connectivity index (χ1) is 9.69. The average molecular weight is 347 g/mol. The largest absolute Gasteiger partial charge is 0.298 e. The van der Waals surface area contributed by atoms with Crippen LogP contribution in [-0.4, -0.2) is 16.1 Å². The normalized spacial score (nSPS) is 10.7. The number of aldehydes is 1. The van der Waals surface area contributed by atoms with E-state index in [-0.39, 0.29) is 0 Å². The summed E-state index contributed by atoms with van der Waals surface area (Å²) < 4.78 is 2.75. The molecule has 3 nitrogen and oxygen atoms in total. The van der Waals surface area contributed by atoms with E-state index in [1.165, 1.54) is 0 Å². The van der Waals surface area contributed by atoms with Gasteiger partial charge in [-0.15, -0.1) is 11.3 Å². The number of carbonyl (C=O) groups is 1. The molecule has 0 aliphatic rings. The lowest BCUT2D eigenvalue weighted by atomic mass is 10.2. The van der Waals surface area contributed by atoms with Crippen LogP contribution in [0.25, 0.3) is 16.3 Å². The van der Waals surface area contributed by atoms with Crippen LogP contribution in [0.1, 0.15) is 15.9 Å². The summed E-state index contributed by atoms with van der Waals surface area (Å²) in [6, 6.07) is 9.85. The van der Waals surface area contributed by atoms with E-state index in [1.54, 1.807) is 22.2 Å². The summed E-state index contributed by atoms with van der Waals surface area (Å²) in [4.78, 5) is 12.3. The monoisotopic (exact) mass is 346 g/mol. The molecule has 0 saturated heterocycles.